The highest BCUT2D eigenvalue weighted by atomic mass is 35.5. The number of carbonyl (C=O) groups is 1. The van der Waals surface area contributed by atoms with Gasteiger partial charge >= 0.3 is 0 Å². The third-order valence-electron chi connectivity index (χ3n) is 3.21. The van der Waals surface area contributed by atoms with Crippen molar-refractivity contribution in [2.75, 3.05) is 0 Å². The molecule has 0 spiro atoms. The van der Waals surface area contributed by atoms with Gasteiger partial charge in [0.15, 0.2) is 5.78 Å². The number of carbonyl (C=O) groups excluding carboxylic acids is 1. The molecule has 20 heavy (non-hydrogen) atoms. The van der Waals surface area contributed by atoms with E-state index in [-0.39, 0.29) is 5.78 Å². The molecule has 0 aliphatic heterocycles. The van der Waals surface area contributed by atoms with Crippen LogP contribution in [0, 0.1) is 6.92 Å². The summed E-state index contributed by atoms with van der Waals surface area (Å²) in [7, 11) is 0. The maximum absolute atomic E-state index is 12.5. The highest BCUT2D eigenvalue weighted by molar-refractivity contribution is 6.35. The molecule has 0 unspecified atom stereocenters. The van der Waals surface area contributed by atoms with Gasteiger partial charge in [0.25, 0.3) is 0 Å². The van der Waals surface area contributed by atoms with E-state index in [2.05, 4.69) is 4.98 Å². The molecule has 1 heterocycles. The minimum absolute atomic E-state index is 0.0712. The topological polar surface area (TPSA) is 30.0 Å². The summed E-state index contributed by atoms with van der Waals surface area (Å²) in [5.41, 5.74) is 2.99. The lowest BCUT2D eigenvalue weighted by atomic mass is 10.0. The summed E-state index contributed by atoms with van der Waals surface area (Å²) < 4.78 is 0. The zero-order valence-electron chi connectivity index (χ0n) is 10.9. The Morgan fingerprint density at radius 3 is 2.65 bits per heavy atom. The predicted octanol–water partition coefficient (Wildman–Crippen LogP) is 4.43. The van der Waals surface area contributed by atoms with Gasteiger partial charge in [-0.15, -0.1) is 0 Å². The zero-order chi connectivity index (χ0) is 14.1. The summed E-state index contributed by atoms with van der Waals surface area (Å²) in [6, 6.07) is 16.5. The highest BCUT2D eigenvalue weighted by Crippen LogP contribution is 2.21. The first kappa shape index (κ1) is 12.8. The Kier molecular flexibility index (Phi) is 3.25. The van der Waals surface area contributed by atoms with Crippen LogP contribution in [0.1, 0.15) is 21.6 Å². The number of hydrogen-bond donors (Lipinski definition) is 0. The summed E-state index contributed by atoms with van der Waals surface area (Å²) >= 11 is 6.07. The molecule has 3 rings (SSSR count). The molecule has 0 saturated heterocycles. The number of halogens is 1. The SMILES string of the molecule is Cc1ccc2cc(C(=O)c3ccccc3Cl)ccc2n1. The Balaban J connectivity index is 2.09. The van der Waals surface area contributed by atoms with Crippen molar-refractivity contribution < 1.29 is 4.79 Å². The molecular formula is C17H12ClNO. The van der Waals surface area contributed by atoms with Gasteiger partial charge in [0, 0.05) is 22.2 Å². The lowest BCUT2D eigenvalue weighted by Crippen LogP contribution is -2.02. The van der Waals surface area contributed by atoms with Gasteiger partial charge < -0.3 is 0 Å². The smallest absolute Gasteiger partial charge is 0.194 e. The average molecular weight is 282 g/mol. The van der Waals surface area contributed by atoms with Crippen LogP contribution in [0.15, 0.2) is 54.6 Å². The Morgan fingerprint density at radius 2 is 1.85 bits per heavy atom. The lowest BCUT2D eigenvalue weighted by Gasteiger charge is -2.05. The van der Waals surface area contributed by atoms with Gasteiger partial charge in [-0.05, 0) is 43.3 Å². The van der Waals surface area contributed by atoms with Gasteiger partial charge in [-0.3, -0.25) is 9.78 Å². The van der Waals surface area contributed by atoms with Crippen LogP contribution in [-0.2, 0) is 0 Å². The van der Waals surface area contributed by atoms with Crippen LogP contribution < -0.4 is 0 Å². The van der Waals surface area contributed by atoms with Crippen LogP contribution in [0.3, 0.4) is 0 Å². The molecule has 0 aliphatic rings. The summed E-state index contributed by atoms with van der Waals surface area (Å²) in [6.07, 6.45) is 0. The summed E-state index contributed by atoms with van der Waals surface area (Å²) in [6.45, 7) is 1.95. The second kappa shape index (κ2) is 5.06. The fourth-order valence-corrected chi connectivity index (χ4v) is 2.39. The number of rotatable bonds is 2. The average Bonchev–Trinajstić information content (AvgIpc) is 2.46. The number of fused-ring (bicyclic) bond motifs is 1. The van der Waals surface area contributed by atoms with Gasteiger partial charge in [0.2, 0.25) is 0 Å². The Morgan fingerprint density at radius 1 is 1.05 bits per heavy atom. The molecule has 0 fully saturated rings. The fraction of sp³-hybridized carbons (Fsp3) is 0.0588. The Bertz CT molecular complexity index is 811. The quantitative estimate of drug-likeness (QED) is 0.651. The maximum Gasteiger partial charge on any atom is 0.194 e. The van der Waals surface area contributed by atoms with Gasteiger partial charge in [-0.2, -0.15) is 0 Å². The molecule has 0 bridgehead atoms. The van der Waals surface area contributed by atoms with E-state index in [0.29, 0.717) is 16.1 Å². The van der Waals surface area contributed by atoms with E-state index in [1.807, 2.05) is 43.3 Å². The molecule has 0 atom stereocenters. The van der Waals surface area contributed by atoms with Crippen LogP contribution in [0.25, 0.3) is 10.9 Å². The number of aromatic nitrogens is 1. The van der Waals surface area contributed by atoms with Crippen molar-refractivity contribution in [1.82, 2.24) is 4.98 Å². The summed E-state index contributed by atoms with van der Waals surface area (Å²) in [4.78, 5) is 16.9. The molecule has 3 heteroatoms. The van der Waals surface area contributed by atoms with E-state index < -0.39 is 0 Å². The molecule has 0 saturated carbocycles. The number of aryl methyl sites for hydroxylation is 1. The highest BCUT2D eigenvalue weighted by Gasteiger charge is 2.12. The largest absolute Gasteiger partial charge is 0.289 e. The second-order valence-corrected chi connectivity index (χ2v) is 5.08. The molecular weight excluding hydrogens is 270 g/mol. The normalized spacial score (nSPS) is 10.7. The lowest BCUT2D eigenvalue weighted by molar-refractivity contribution is 0.103. The number of hydrogen-bond acceptors (Lipinski definition) is 2. The van der Waals surface area contributed by atoms with E-state index >= 15 is 0 Å². The second-order valence-electron chi connectivity index (χ2n) is 4.67. The minimum Gasteiger partial charge on any atom is -0.289 e. The first-order chi connectivity index (χ1) is 9.65. The van der Waals surface area contributed by atoms with Crippen molar-refractivity contribution in [3.05, 3.63) is 76.4 Å². The molecule has 3 aromatic rings. The third-order valence-corrected chi connectivity index (χ3v) is 3.54. The van der Waals surface area contributed by atoms with Crippen molar-refractivity contribution >= 4 is 28.3 Å². The number of pyridine rings is 1. The standard InChI is InChI=1S/C17H12ClNO/c1-11-6-7-12-10-13(8-9-16(12)19-11)17(20)14-4-2-3-5-15(14)18/h2-10H,1H3. The molecule has 0 N–H and O–H groups in total. The summed E-state index contributed by atoms with van der Waals surface area (Å²) in [5, 5.41) is 1.42. The third kappa shape index (κ3) is 2.30. The van der Waals surface area contributed by atoms with Crippen molar-refractivity contribution in [2.45, 2.75) is 6.92 Å². The van der Waals surface area contributed by atoms with Crippen LogP contribution >= 0.6 is 11.6 Å². The monoisotopic (exact) mass is 281 g/mol. The first-order valence-corrected chi connectivity index (χ1v) is 6.69. The van der Waals surface area contributed by atoms with Crippen molar-refractivity contribution in [1.29, 1.82) is 0 Å². The molecule has 0 amide bonds. The Labute approximate surface area is 122 Å². The van der Waals surface area contributed by atoms with Crippen LogP contribution in [0.2, 0.25) is 5.02 Å². The minimum atomic E-state index is -0.0712. The van der Waals surface area contributed by atoms with Crippen molar-refractivity contribution in [3.8, 4) is 0 Å². The first-order valence-electron chi connectivity index (χ1n) is 6.32. The molecule has 0 radical (unpaired) electrons. The number of ketones is 1. The van der Waals surface area contributed by atoms with Gasteiger partial charge in [-0.25, -0.2) is 0 Å². The van der Waals surface area contributed by atoms with E-state index in [1.54, 1.807) is 18.2 Å². The number of benzene rings is 2. The summed E-state index contributed by atoms with van der Waals surface area (Å²) in [5.74, 6) is -0.0712. The molecule has 0 aliphatic carbocycles. The van der Waals surface area contributed by atoms with E-state index in [1.165, 1.54) is 0 Å². The number of nitrogens with zero attached hydrogens (tertiary/aromatic N) is 1. The fourth-order valence-electron chi connectivity index (χ4n) is 2.17. The van der Waals surface area contributed by atoms with E-state index in [4.69, 9.17) is 11.6 Å². The Hall–Kier alpha value is -2.19. The maximum atomic E-state index is 12.5. The van der Waals surface area contributed by atoms with Crippen LogP contribution in [0.5, 0.6) is 0 Å². The van der Waals surface area contributed by atoms with Crippen molar-refractivity contribution in [2.24, 2.45) is 0 Å². The van der Waals surface area contributed by atoms with Crippen LogP contribution in [-0.4, -0.2) is 10.8 Å². The van der Waals surface area contributed by atoms with Crippen molar-refractivity contribution in [3.63, 3.8) is 0 Å². The predicted molar refractivity (Wildman–Crippen MR) is 81.4 cm³/mol. The van der Waals surface area contributed by atoms with E-state index in [0.717, 1.165) is 16.6 Å². The van der Waals surface area contributed by atoms with Gasteiger partial charge in [0.1, 0.15) is 0 Å². The van der Waals surface area contributed by atoms with Gasteiger partial charge in [0.05, 0.1) is 10.5 Å². The molecule has 1 aromatic heterocycles. The van der Waals surface area contributed by atoms with Gasteiger partial charge in [-0.1, -0.05) is 29.8 Å². The molecule has 2 aromatic carbocycles. The molecule has 98 valence electrons. The van der Waals surface area contributed by atoms with E-state index in [9.17, 15) is 4.79 Å². The molecule has 2 nitrogen and oxygen atoms in total. The van der Waals surface area contributed by atoms with Crippen LogP contribution in [0.4, 0.5) is 0 Å². The zero-order valence-corrected chi connectivity index (χ0v) is 11.7.